The fourth-order valence-corrected chi connectivity index (χ4v) is 4.22. The molecule has 2 heterocycles. The van der Waals surface area contributed by atoms with E-state index in [4.69, 9.17) is 0 Å². The maximum atomic E-state index is 12.9. The number of nitrogens with one attached hydrogen (secondary N) is 1. The van der Waals surface area contributed by atoms with E-state index < -0.39 is 12.5 Å². The summed E-state index contributed by atoms with van der Waals surface area (Å²) in [6.07, 6.45) is 3.54. The lowest BCUT2D eigenvalue weighted by Gasteiger charge is -2.39. The van der Waals surface area contributed by atoms with Crippen LogP contribution in [-0.2, 0) is 4.79 Å². The normalized spacial score (nSPS) is 22.3. The molecule has 0 unspecified atom stereocenters. The summed E-state index contributed by atoms with van der Waals surface area (Å²) in [4.78, 5) is 23.2. The number of rotatable bonds is 4. The molecule has 7 heteroatoms. The molecule has 1 aromatic carbocycles. The van der Waals surface area contributed by atoms with Crippen LogP contribution in [0.4, 0.5) is 14.6 Å². The molecular formula is C20H24F2N4O. The van der Waals surface area contributed by atoms with E-state index in [-0.39, 0.29) is 17.5 Å². The Bertz CT molecular complexity index is 868. The molecule has 1 amide bonds. The highest BCUT2D eigenvalue weighted by atomic mass is 19.3. The molecule has 1 N–H and O–H groups in total. The van der Waals surface area contributed by atoms with Crippen LogP contribution in [-0.4, -0.2) is 39.4 Å². The fourth-order valence-electron chi connectivity index (χ4n) is 4.22. The average Bonchev–Trinajstić information content (AvgIpc) is 3.39. The second-order valence-electron chi connectivity index (χ2n) is 8.00. The number of carbonyl (C=O) groups is 1. The highest BCUT2D eigenvalue weighted by Crippen LogP contribution is 2.55. The van der Waals surface area contributed by atoms with Crippen molar-refractivity contribution in [1.82, 2.24) is 14.9 Å². The summed E-state index contributed by atoms with van der Waals surface area (Å²) in [6, 6.07) is 4.11. The Morgan fingerprint density at radius 2 is 2.07 bits per heavy atom. The van der Waals surface area contributed by atoms with E-state index in [0.29, 0.717) is 22.1 Å². The summed E-state index contributed by atoms with van der Waals surface area (Å²) in [5, 5.41) is 3.79. The molecule has 2 aliphatic rings. The van der Waals surface area contributed by atoms with E-state index >= 15 is 0 Å². The van der Waals surface area contributed by atoms with E-state index in [1.54, 1.807) is 6.07 Å². The van der Waals surface area contributed by atoms with E-state index in [1.165, 1.54) is 31.3 Å². The molecule has 1 spiro atoms. The Morgan fingerprint density at radius 1 is 1.30 bits per heavy atom. The van der Waals surface area contributed by atoms with Gasteiger partial charge < -0.3 is 10.2 Å². The topological polar surface area (TPSA) is 58.1 Å². The average molecular weight is 374 g/mol. The summed E-state index contributed by atoms with van der Waals surface area (Å²) < 4.78 is 25.8. The van der Waals surface area contributed by atoms with Crippen molar-refractivity contribution in [2.75, 3.05) is 11.9 Å². The summed E-state index contributed by atoms with van der Waals surface area (Å²) in [7, 11) is 0. The zero-order valence-corrected chi connectivity index (χ0v) is 15.6. The van der Waals surface area contributed by atoms with Crippen molar-refractivity contribution in [3.05, 3.63) is 30.1 Å². The van der Waals surface area contributed by atoms with Gasteiger partial charge in [0.1, 0.15) is 18.2 Å². The Hall–Kier alpha value is -2.31. The van der Waals surface area contributed by atoms with Crippen molar-refractivity contribution in [3.8, 4) is 0 Å². The van der Waals surface area contributed by atoms with Gasteiger partial charge in [0, 0.05) is 23.5 Å². The summed E-state index contributed by atoms with van der Waals surface area (Å²) in [5.41, 5.74) is 0.859. The lowest BCUT2D eigenvalue weighted by molar-refractivity contribution is -0.135. The first-order valence-corrected chi connectivity index (χ1v) is 9.48. The second kappa shape index (κ2) is 6.69. The Labute approximate surface area is 157 Å². The molecule has 144 valence electrons. The monoisotopic (exact) mass is 374 g/mol. The predicted octanol–water partition coefficient (Wildman–Crippen LogP) is 4.16. The maximum Gasteiger partial charge on any atom is 0.263 e. The van der Waals surface area contributed by atoms with Crippen LogP contribution in [0.25, 0.3) is 10.9 Å². The number of aromatic nitrogens is 2. The van der Waals surface area contributed by atoms with Crippen LogP contribution < -0.4 is 5.32 Å². The van der Waals surface area contributed by atoms with Gasteiger partial charge >= 0.3 is 0 Å². The van der Waals surface area contributed by atoms with Gasteiger partial charge in [0.05, 0.1) is 5.52 Å². The first-order chi connectivity index (χ1) is 12.9. The molecule has 0 bridgehead atoms. The number of carbonyl (C=O) groups excluding carboxylic acids is 1. The van der Waals surface area contributed by atoms with Gasteiger partial charge in [0.2, 0.25) is 5.91 Å². The van der Waals surface area contributed by atoms with E-state index in [1.807, 2.05) is 11.8 Å². The molecule has 1 aromatic heterocycles. The number of nitrogens with zero attached hydrogens (tertiary/aromatic N) is 3. The number of amides is 1. The fraction of sp³-hybridized carbons (Fsp3) is 0.550. The highest BCUT2D eigenvalue weighted by Gasteiger charge is 2.48. The number of piperidine rings is 1. The number of likely N-dealkylation sites (tertiary alicyclic amines) is 1. The summed E-state index contributed by atoms with van der Waals surface area (Å²) in [5.74, 6) is 0.541. The van der Waals surface area contributed by atoms with Crippen molar-refractivity contribution in [3.63, 3.8) is 0 Å². The molecule has 1 aliphatic heterocycles. The van der Waals surface area contributed by atoms with Gasteiger partial charge in [-0.05, 0) is 57.1 Å². The number of alkyl halides is 2. The molecule has 4 rings (SSSR count). The number of anilines is 1. The van der Waals surface area contributed by atoms with Crippen LogP contribution in [0.15, 0.2) is 24.5 Å². The van der Waals surface area contributed by atoms with Gasteiger partial charge in [-0.2, -0.15) is 0 Å². The van der Waals surface area contributed by atoms with Crippen LogP contribution in [0.5, 0.6) is 0 Å². The van der Waals surface area contributed by atoms with E-state index in [0.717, 1.165) is 19.4 Å². The van der Waals surface area contributed by atoms with Gasteiger partial charge in [-0.25, -0.2) is 18.7 Å². The van der Waals surface area contributed by atoms with Crippen LogP contribution in [0.3, 0.4) is 0 Å². The maximum absolute atomic E-state index is 12.9. The van der Waals surface area contributed by atoms with Gasteiger partial charge in [-0.1, -0.05) is 6.07 Å². The second-order valence-corrected chi connectivity index (χ2v) is 8.00. The van der Waals surface area contributed by atoms with Gasteiger partial charge in [0.15, 0.2) is 0 Å². The molecule has 27 heavy (non-hydrogen) atoms. The molecule has 1 saturated heterocycles. The number of hydrogen-bond donors (Lipinski definition) is 1. The molecule has 1 saturated carbocycles. The molecule has 2 fully saturated rings. The minimum absolute atomic E-state index is 0.0500. The first-order valence-electron chi connectivity index (χ1n) is 9.48. The standard InChI is InChI=1S/C20H24F2N4O/c1-12-10-20(5-6-20)7-8-26(12)19(27)13(2)25-18-15-4-3-14(17(21)22)9-16(15)23-11-24-18/h3-4,9,11-13,17H,5-8,10H2,1-2H3,(H,23,24,25)/t12-,13+/m0/s1. The minimum atomic E-state index is -2.54. The van der Waals surface area contributed by atoms with Crippen molar-refractivity contribution in [2.45, 2.75) is 58.0 Å². The van der Waals surface area contributed by atoms with Crippen molar-refractivity contribution in [1.29, 1.82) is 0 Å². The third-order valence-electron chi connectivity index (χ3n) is 6.02. The third-order valence-corrected chi connectivity index (χ3v) is 6.02. The van der Waals surface area contributed by atoms with Crippen LogP contribution in [0.1, 0.15) is 51.5 Å². The Kier molecular flexibility index (Phi) is 4.48. The molecule has 5 nitrogen and oxygen atoms in total. The molecule has 1 aliphatic carbocycles. The lowest BCUT2D eigenvalue weighted by Crippen LogP contribution is -2.50. The zero-order chi connectivity index (χ0) is 19.2. The van der Waals surface area contributed by atoms with E-state index in [2.05, 4.69) is 22.2 Å². The van der Waals surface area contributed by atoms with E-state index in [9.17, 15) is 13.6 Å². The van der Waals surface area contributed by atoms with Crippen LogP contribution in [0, 0.1) is 5.41 Å². The Balaban J connectivity index is 1.50. The zero-order valence-electron chi connectivity index (χ0n) is 15.6. The quantitative estimate of drug-likeness (QED) is 0.873. The minimum Gasteiger partial charge on any atom is -0.358 e. The SMILES string of the molecule is C[C@@H](Nc1ncnc2cc(C(F)F)ccc12)C(=O)N1CCC2(CC2)C[C@@H]1C. The number of benzene rings is 1. The largest absolute Gasteiger partial charge is 0.358 e. The highest BCUT2D eigenvalue weighted by molar-refractivity contribution is 5.92. The molecular weight excluding hydrogens is 350 g/mol. The Morgan fingerprint density at radius 3 is 2.74 bits per heavy atom. The van der Waals surface area contributed by atoms with Crippen molar-refractivity contribution in [2.24, 2.45) is 5.41 Å². The van der Waals surface area contributed by atoms with Crippen LogP contribution >= 0.6 is 0 Å². The summed E-state index contributed by atoms with van der Waals surface area (Å²) in [6.45, 7) is 4.74. The van der Waals surface area contributed by atoms with Crippen LogP contribution in [0.2, 0.25) is 0 Å². The number of fused-ring (bicyclic) bond motifs is 1. The third kappa shape index (κ3) is 3.47. The van der Waals surface area contributed by atoms with Gasteiger partial charge in [-0.3, -0.25) is 4.79 Å². The van der Waals surface area contributed by atoms with Crippen molar-refractivity contribution >= 4 is 22.6 Å². The lowest BCUT2D eigenvalue weighted by atomic mass is 9.88. The smallest absolute Gasteiger partial charge is 0.263 e. The van der Waals surface area contributed by atoms with Gasteiger partial charge in [0.25, 0.3) is 6.43 Å². The van der Waals surface area contributed by atoms with Crippen molar-refractivity contribution < 1.29 is 13.6 Å². The molecule has 0 radical (unpaired) electrons. The number of hydrogen-bond acceptors (Lipinski definition) is 4. The molecule has 2 aromatic rings. The van der Waals surface area contributed by atoms with Gasteiger partial charge in [-0.15, -0.1) is 0 Å². The summed E-state index contributed by atoms with van der Waals surface area (Å²) >= 11 is 0. The predicted molar refractivity (Wildman–Crippen MR) is 99.7 cm³/mol. The molecule has 2 atom stereocenters. The number of halogens is 2. The first kappa shape index (κ1) is 18.1.